The van der Waals surface area contributed by atoms with Gasteiger partial charge in [0.25, 0.3) is 0 Å². The Morgan fingerprint density at radius 3 is 2.62 bits per heavy atom. The first-order valence-corrected chi connectivity index (χ1v) is 5.23. The summed E-state index contributed by atoms with van der Waals surface area (Å²) in [5.74, 6) is -0.504. The smallest absolute Gasteiger partial charge is 0.387 e. The van der Waals surface area contributed by atoms with E-state index in [0.717, 1.165) is 0 Å². The van der Waals surface area contributed by atoms with Crippen molar-refractivity contribution in [3.63, 3.8) is 0 Å². The van der Waals surface area contributed by atoms with E-state index in [1.165, 1.54) is 19.1 Å². The minimum atomic E-state index is -2.98. The molecule has 6 heteroatoms. The molecule has 0 aliphatic carbocycles. The van der Waals surface area contributed by atoms with Crippen LogP contribution in [0.5, 0.6) is 5.75 Å². The van der Waals surface area contributed by atoms with E-state index in [4.69, 9.17) is 11.6 Å². The van der Waals surface area contributed by atoms with Crippen LogP contribution in [0.15, 0.2) is 23.1 Å². The van der Waals surface area contributed by atoms with Gasteiger partial charge in [0.1, 0.15) is 11.1 Å². The Balaban J connectivity index is 3.17. The highest BCUT2D eigenvalue weighted by Crippen LogP contribution is 2.35. The Labute approximate surface area is 102 Å². The quantitative estimate of drug-likeness (QED) is 0.667. The number of carbonyl (C=O) groups is 1. The van der Waals surface area contributed by atoms with Gasteiger partial charge in [0.2, 0.25) is 0 Å². The van der Waals surface area contributed by atoms with Gasteiger partial charge in [0.15, 0.2) is 5.78 Å². The number of hydrogen-bond donors (Lipinski definition) is 1. The van der Waals surface area contributed by atoms with Crippen LogP contribution < -0.4 is 4.74 Å². The number of thiol groups is 1. The maximum absolute atomic E-state index is 12.2. The second-order valence-electron chi connectivity index (χ2n) is 3.05. The van der Waals surface area contributed by atoms with Gasteiger partial charge in [-0.15, -0.1) is 24.2 Å². The van der Waals surface area contributed by atoms with Crippen LogP contribution in [0, 0.1) is 0 Å². The highest BCUT2D eigenvalue weighted by atomic mass is 35.5. The van der Waals surface area contributed by atoms with Gasteiger partial charge in [-0.05, 0) is 13.0 Å². The molecule has 0 fully saturated rings. The minimum absolute atomic E-state index is 0.156. The number of hydrogen-bond acceptors (Lipinski definition) is 3. The van der Waals surface area contributed by atoms with Gasteiger partial charge in [-0.1, -0.05) is 12.1 Å². The molecule has 0 aromatic heterocycles. The van der Waals surface area contributed by atoms with E-state index in [-0.39, 0.29) is 22.0 Å². The first-order valence-electron chi connectivity index (χ1n) is 4.34. The third-order valence-corrected chi connectivity index (χ3v) is 2.76. The van der Waals surface area contributed by atoms with Crippen LogP contribution in [0.2, 0.25) is 0 Å². The average molecular weight is 267 g/mol. The third kappa shape index (κ3) is 3.09. The summed E-state index contributed by atoms with van der Waals surface area (Å²) >= 11 is 9.77. The van der Waals surface area contributed by atoms with Gasteiger partial charge < -0.3 is 4.74 Å². The molecule has 1 atom stereocenters. The lowest BCUT2D eigenvalue weighted by Crippen LogP contribution is -2.09. The summed E-state index contributed by atoms with van der Waals surface area (Å²) < 4.78 is 28.6. The SMILES string of the molecule is CC(=O)C(Cl)c1cccc(S)c1OC(F)F. The van der Waals surface area contributed by atoms with Gasteiger partial charge in [0, 0.05) is 10.5 Å². The number of rotatable bonds is 4. The molecule has 1 aromatic carbocycles. The fourth-order valence-electron chi connectivity index (χ4n) is 1.18. The average Bonchev–Trinajstić information content (AvgIpc) is 2.19. The van der Waals surface area contributed by atoms with E-state index >= 15 is 0 Å². The minimum Gasteiger partial charge on any atom is -0.433 e. The maximum Gasteiger partial charge on any atom is 0.387 e. The van der Waals surface area contributed by atoms with E-state index in [9.17, 15) is 13.6 Å². The fourth-order valence-corrected chi connectivity index (χ4v) is 1.62. The predicted molar refractivity (Wildman–Crippen MR) is 59.6 cm³/mol. The fraction of sp³-hybridized carbons (Fsp3) is 0.300. The highest BCUT2D eigenvalue weighted by Gasteiger charge is 2.21. The second kappa shape index (κ2) is 5.50. The molecule has 0 heterocycles. The molecule has 0 spiro atoms. The summed E-state index contributed by atoms with van der Waals surface area (Å²) in [5, 5.41) is -1.01. The van der Waals surface area contributed by atoms with Gasteiger partial charge >= 0.3 is 6.61 Å². The topological polar surface area (TPSA) is 26.3 Å². The Hall–Kier alpha value is -0.810. The van der Waals surface area contributed by atoms with Crippen LogP contribution >= 0.6 is 24.2 Å². The van der Waals surface area contributed by atoms with Crippen LogP contribution in [-0.4, -0.2) is 12.4 Å². The zero-order chi connectivity index (χ0) is 12.3. The number of halogens is 3. The first-order chi connectivity index (χ1) is 7.43. The van der Waals surface area contributed by atoms with Crippen molar-refractivity contribution in [2.45, 2.75) is 23.8 Å². The molecule has 0 aliphatic heterocycles. The Morgan fingerprint density at radius 1 is 1.50 bits per heavy atom. The summed E-state index contributed by atoms with van der Waals surface area (Å²) in [6.45, 7) is -1.71. The lowest BCUT2D eigenvalue weighted by Gasteiger charge is -2.14. The number of Topliss-reactive ketones (excluding diaryl/α,β-unsaturated/α-hetero) is 1. The molecule has 0 bridgehead atoms. The Morgan fingerprint density at radius 2 is 2.12 bits per heavy atom. The number of carbonyl (C=O) groups excluding carboxylic acids is 1. The van der Waals surface area contributed by atoms with Crippen molar-refractivity contribution in [2.24, 2.45) is 0 Å². The molecule has 0 aliphatic rings. The molecule has 0 amide bonds. The number of ether oxygens (including phenoxy) is 1. The summed E-state index contributed by atoms with van der Waals surface area (Å²) in [6, 6.07) is 4.50. The van der Waals surface area contributed by atoms with Crippen LogP contribution in [-0.2, 0) is 4.79 Å². The molecule has 16 heavy (non-hydrogen) atoms. The molecule has 88 valence electrons. The number of alkyl halides is 3. The van der Waals surface area contributed by atoms with E-state index in [1.54, 1.807) is 6.07 Å². The number of para-hydroxylation sites is 1. The van der Waals surface area contributed by atoms with Crippen LogP contribution in [0.1, 0.15) is 17.9 Å². The standard InChI is InChI=1S/C10H9ClF2O2S/c1-5(14)8(11)6-3-2-4-7(16)9(6)15-10(12)13/h2-4,8,10,16H,1H3. The van der Waals surface area contributed by atoms with E-state index < -0.39 is 12.0 Å². The molecule has 1 rings (SSSR count). The molecule has 2 nitrogen and oxygen atoms in total. The van der Waals surface area contributed by atoms with Crippen LogP contribution in [0.3, 0.4) is 0 Å². The summed E-state index contributed by atoms with van der Waals surface area (Å²) in [4.78, 5) is 11.3. The highest BCUT2D eigenvalue weighted by molar-refractivity contribution is 7.80. The van der Waals surface area contributed by atoms with Gasteiger partial charge in [-0.2, -0.15) is 8.78 Å². The zero-order valence-corrected chi connectivity index (χ0v) is 9.93. The van der Waals surface area contributed by atoms with Crippen molar-refractivity contribution in [3.8, 4) is 5.75 Å². The summed E-state index contributed by atoms with van der Waals surface area (Å²) in [7, 11) is 0. The van der Waals surface area contributed by atoms with Crippen LogP contribution in [0.4, 0.5) is 8.78 Å². The molecule has 0 saturated heterocycles. The molecule has 1 unspecified atom stereocenters. The van der Waals surface area contributed by atoms with Crippen molar-refractivity contribution in [1.82, 2.24) is 0 Å². The molecule has 0 saturated carbocycles. The van der Waals surface area contributed by atoms with E-state index in [0.29, 0.717) is 0 Å². The lowest BCUT2D eigenvalue weighted by atomic mass is 10.1. The van der Waals surface area contributed by atoms with Gasteiger partial charge in [0.05, 0.1) is 0 Å². The van der Waals surface area contributed by atoms with Crippen molar-refractivity contribution in [2.75, 3.05) is 0 Å². The molecular formula is C10H9ClF2O2S. The number of ketones is 1. The van der Waals surface area contributed by atoms with E-state index in [1.807, 2.05) is 0 Å². The summed E-state index contributed by atoms with van der Waals surface area (Å²) in [6.07, 6.45) is 0. The third-order valence-electron chi connectivity index (χ3n) is 1.86. The van der Waals surface area contributed by atoms with Gasteiger partial charge in [-0.3, -0.25) is 4.79 Å². The van der Waals surface area contributed by atoms with Gasteiger partial charge in [-0.25, -0.2) is 0 Å². The second-order valence-corrected chi connectivity index (χ2v) is 3.97. The maximum atomic E-state index is 12.2. The Kier molecular flexibility index (Phi) is 4.56. The number of benzene rings is 1. The summed E-state index contributed by atoms with van der Waals surface area (Å²) in [5.41, 5.74) is 0.196. The van der Waals surface area contributed by atoms with Crippen molar-refractivity contribution in [3.05, 3.63) is 23.8 Å². The predicted octanol–water partition coefficient (Wildman–Crippen LogP) is 3.45. The van der Waals surface area contributed by atoms with Crippen LogP contribution in [0.25, 0.3) is 0 Å². The van der Waals surface area contributed by atoms with Crippen molar-refractivity contribution in [1.29, 1.82) is 0 Å². The zero-order valence-electron chi connectivity index (χ0n) is 8.28. The molecule has 0 radical (unpaired) electrons. The van der Waals surface area contributed by atoms with Crippen molar-refractivity contribution < 1.29 is 18.3 Å². The molecule has 0 N–H and O–H groups in total. The normalized spacial score (nSPS) is 12.6. The molecular weight excluding hydrogens is 258 g/mol. The first kappa shape index (κ1) is 13.3. The lowest BCUT2D eigenvalue weighted by molar-refractivity contribution is -0.116. The monoisotopic (exact) mass is 266 g/mol. The van der Waals surface area contributed by atoms with Crippen molar-refractivity contribution >= 4 is 30.0 Å². The largest absolute Gasteiger partial charge is 0.433 e. The molecule has 1 aromatic rings. The van der Waals surface area contributed by atoms with E-state index in [2.05, 4.69) is 17.4 Å². The Bertz CT molecular complexity index is 398.